The van der Waals surface area contributed by atoms with E-state index in [9.17, 15) is 0 Å². The first-order valence-electron chi connectivity index (χ1n) is 6.97. The third kappa shape index (κ3) is 2.48. The minimum absolute atomic E-state index is 0.0525. The number of halogens is 1. The molecule has 0 radical (unpaired) electrons. The average Bonchev–Trinajstić information content (AvgIpc) is 2.76. The lowest BCUT2D eigenvalue weighted by molar-refractivity contribution is 0.293. The third-order valence-electron chi connectivity index (χ3n) is 4.09. The molecule has 0 fully saturated rings. The molecule has 0 bridgehead atoms. The van der Waals surface area contributed by atoms with Crippen LogP contribution in [0.4, 0.5) is 0 Å². The average molecular weight is 280 g/mol. The van der Waals surface area contributed by atoms with Crippen molar-refractivity contribution in [2.24, 2.45) is 0 Å². The van der Waals surface area contributed by atoms with Crippen molar-refractivity contribution in [2.75, 3.05) is 5.88 Å². The molecule has 2 aromatic heterocycles. The second kappa shape index (κ2) is 5.49. The maximum Gasteiger partial charge on any atom is 0.160 e. The van der Waals surface area contributed by atoms with Crippen molar-refractivity contribution >= 4 is 22.8 Å². The van der Waals surface area contributed by atoms with Gasteiger partial charge in [-0.1, -0.05) is 13.8 Å². The van der Waals surface area contributed by atoms with Gasteiger partial charge in [-0.25, -0.2) is 9.97 Å². The topological polar surface area (TPSA) is 30.7 Å². The first-order chi connectivity index (χ1) is 9.05. The van der Waals surface area contributed by atoms with Crippen LogP contribution in [0.25, 0.3) is 11.2 Å². The molecule has 0 amide bonds. The molecule has 0 aliphatic rings. The second-order valence-corrected chi connectivity index (χ2v) is 5.68. The molecule has 0 aliphatic carbocycles. The van der Waals surface area contributed by atoms with Crippen LogP contribution in [-0.4, -0.2) is 20.4 Å². The number of aryl methyl sites for hydroxylation is 2. The van der Waals surface area contributed by atoms with Gasteiger partial charge in [0.05, 0.1) is 0 Å². The predicted molar refractivity (Wildman–Crippen MR) is 80.9 cm³/mol. The van der Waals surface area contributed by atoms with E-state index in [1.165, 1.54) is 0 Å². The number of nitrogens with zero attached hydrogens (tertiary/aromatic N) is 3. The van der Waals surface area contributed by atoms with E-state index in [1.807, 2.05) is 13.0 Å². The summed E-state index contributed by atoms with van der Waals surface area (Å²) in [5, 5.41) is 0. The van der Waals surface area contributed by atoms with E-state index in [0.717, 1.165) is 41.9 Å². The highest BCUT2D eigenvalue weighted by molar-refractivity contribution is 6.17. The Morgan fingerprint density at radius 1 is 1.21 bits per heavy atom. The van der Waals surface area contributed by atoms with Gasteiger partial charge in [-0.2, -0.15) is 0 Å². The van der Waals surface area contributed by atoms with Crippen LogP contribution in [0.3, 0.4) is 0 Å². The van der Waals surface area contributed by atoms with Gasteiger partial charge in [-0.05, 0) is 38.8 Å². The molecule has 19 heavy (non-hydrogen) atoms. The summed E-state index contributed by atoms with van der Waals surface area (Å²) in [6, 6.07) is 4.07. The van der Waals surface area contributed by atoms with Gasteiger partial charge in [0.15, 0.2) is 5.65 Å². The van der Waals surface area contributed by atoms with E-state index in [1.54, 1.807) is 0 Å². The standard InChI is InChI=1S/C15H22ClN3/c1-5-15(4,6-2)19-13(9-10-16)18-12-8-7-11(3)17-14(12)19/h7-8H,5-6,9-10H2,1-4H3. The first-order valence-corrected chi connectivity index (χ1v) is 7.50. The van der Waals surface area contributed by atoms with E-state index in [-0.39, 0.29) is 5.54 Å². The Morgan fingerprint density at radius 3 is 2.47 bits per heavy atom. The van der Waals surface area contributed by atoms with E-state index in [2.05, 4.69) is 31.4 Å². The molecule has 104 valence electrons. The predicted octanol–water partition coefficient (Wildman–Crippen LogP) is 4.06. The first kappa shape index (κ1) is 14.3. The zero-order chi connectivity index (χ0) is 14.0. The molecular formula is C15H22ClN3. The number of aromatic nitrogens is 3. The second-order valence-electron chi connectivity index (χ2n) is 5.30. The van der Waals surface area contributed by atoms with E-state index >= 15 is 0 Å². The number of pyridine rings is 1. The molecule has 0 unspecified atom stereocenters. The Bertz CT molecular complexity index is 570. The Morgan fingerprint density at radius 2 is 1.89 bits per heavy atom. The van der Waals surface area contributed by atoms with Crippen molar-refractivity contribution in [1.82, 2.24) is 14.5 Å². The van der Waals surface area contributed by atoms with Crippen LogP contribution in [0, 0.1) is 6.92 Å². The van der Waals surface area contributed by atoms with Gasteiger partial charge >= 0.3 is 0 Å². The summed E-state index contributed by atoms with van der Waals surface area (Å²) < 4.78 is 2.30. The van der Waals surface area contributed by atoms with Crippen molar-refractivity contribution in [3.63, 3.8) is 0 Å². The fourth-order valence-corrected chi connectivity index (χ4v) is 2.65. The number of alkyl halides is 1. The highest BCUT2D eigenvalue weighted by Gasteiger charge is 2.27. The van der Waals surface area contributed by atoms with Crippen LogP contribution in [0.1, 0.15) is 45.1 Å². The summed E-state index contributed by atoms with van der Waals surface area (Å²) in [4.78, 5) is 9.42. The van der Waals surface area contributed by atoms with Crippen molar-refractivity contribution in [3.8, 4) is 0 Å². The number of rotatable bonds is 5. The fourth-order valence-electron chi connectivity index (χ4n) is 2.48. The Hall–Kier alpha value is -1.09. The number of hydrogen-bond donors (Lipinski definition) is 0. The van der Waals surface area contributed by atoms with Crippen LogP contribution in [0.2, 0.25) is 0 Å². The molecule has 3 nitrogen and oxygen atoms in total. The lowest BCUT2D eigenvalue weighted by Crippen LogP contribution is -2.30. The normalized spacial score (nSPS) is 12.3. The summed E-state index contributed by atoms with van der Waals surface area (Å²) in [5.74, 6) is 1.64. The van der Waals surface area contributed by atoms with E-state index < -0.39 is 0 Å². The van der Waals surface area contributed by atoms with Gasteiger partial charge in [0, 0.05) is 23.5 Å². The molecule has 0 saturated heterocycles. The lowest BCUT2D eigenvalue weighted by atomic mass is 9.94. The minimum atomic E-state index is 0.0525. The summed E-state index contributed by atoms with van der Waals surface area (Å²) in [5.41, 5.74) is 3.04. The molecule has 2 heterocycles. The largest absolute Gasteiger partial charge is 0.307 e. The van der Waals surface area contributed by atoms with Crippen LogP contribution in [0.15, 0.2) is 12.1 Å². The zero-order valence-electron chi connectivity index (χ0n) is 12.2. The van der Waals surface area contributed by atoms with Gasteiger partial charge in [0.25, 0.3) is 0 Å². The van der Waals surface area contributed by atoms with Crippen molar-refractivity contribution < 1.29 is 0 Å². The van der Waals surface area contributed by atoms with E-state index in [4.69, 9.17) is 21.6 Å². The quantitative estimate of drug-likeness (QED) is 0.773. The molecule has 0 saturated carbocycles. The molecule has 0 N–H and O–H groups in total. The monoisotopic (exact) mass is 279 g/mol. The van der Waals surface area contributed by atoms with Crippen molar-refractivity contribution in [1.29, 1.82) is 0 Å². The zero-order valence-corrected chi connectivity index (χ0v) is 13.0. The van der Waals surface area contributed by atoms with Crippen molar-refractivity contribution in [3.05, 3.63) is 23.7 Å². The SMILES string of the molecule is CCC(C)(CC)n1c(CCCl)nc2ccc(C)nc21. The van der Waals surface area contributed by atoms with Crippen LogP contribution >= 0.6 is 11.6 Å². The van der Waals surface area contributed by atoms with Gasteiger partial charge in [0.1, 0.15) is 11.3 Å². The number of hydrogen-bond acceptors (Lipinski definition) is 2. The molecule has 2 aromatic rings. The Balaban J connectivity index is 2.73. The lowest BCUT2D eigenvalue weighted by Gasteiger charge is -2.31. The maximum atomic E-state index is 5.93. The molecule has 0 spiro atoms. The summed E-state index contributed by atoms with van der Waals surface area (Å²) in [6.45, 7) is 8.73. The van der Waals surface area contributed by atoms with Gasteiger partial charge in [-0.15, -0.1) is 11.6 Å². The maximum absolute atomic E-state index is 5.93. The van der Waals surface area contributed by atoms with Crippen molar-refractivity contribution in [2.45, 2.75) is 52.5 Å². The molecule has 4 heteroatoms. The third-order valence-corrected chi connectivity index (χ3v) is 4.28. The van der Waals surface area contributed by atoms with E-state index in [0.29, 0.717) is 5.88 Å². The van der Waals surface area contributed by atoms with Crippen LogP contribution in [-0.2, 0) is 12.0 Å². The highest BCUT2D eigenvalue weighted by atomic mass is 35.5. The summed E-state index contributed by atoms with van der Waals surface area (Å²) in [6.07, 6.45) is 2.90. The van der Waals surface area contributed by atoms with Crippen LogP contribution < -0.4 is 0 Å². The molecular weight excluding hydrogens is 258 g/mol. The Kier molecular flexibility index (Phi) is 4.14. The number of imidazole rings is 1. The summed E-state index contributed by atoms with van der Waals surface area (Å²) >= 11 is 5.93. The smallest absolute Gasteiger partial charge is 0.160 e. The fraction of sp³-hybridized carbons (Fsp3) is 0.600. The Labute approximate surface area is 120 Å². The minimum Gasteiger partial charge on any atom is -0.307 e. The van der Waals surface area contributed by atoms with Crippen LogP contribution in [0.5, 0.6) is 0 Å². The highest BCUT2D eigenvalue weighted by Crippen LogP contribution is 2.30. The van der Waals surface area contributed by atoms with Gasteiger partial charge in [0.2, 0.25) is 0 Å². The molecule has 0 aliphatic heterocycles. The summed E-state index contributed by atoms with van der Waals surface area (Å²) in [7, 11) is 0. The molecule has 2 rings (SSSR count). The van der Waals surface area contributed by atoms with Gasteiger partial charge in [-0.3, -0.25) is 0 Å². The number of fused-ring (bicyclic) bond motifs is 1. The molecule has 0 atom stereocenters. The van der Waals surface area contributed by atoms with Gasteiger partial charge < -0.3 is 4.57 Å². The molecule has 0 aromatic carbocycles.